The number of carboxylic acid groups (broad SMARTS) is 1. The van der Waals surface area contributed by atoms with Gasteiger partial charge in [0, 0.05) is 18.2 Å². The van der Waals surface area contributed by atoms with E-state index in [9.17, 15) is 4.79 Å². The molecule has 4 heteroatoms. The van der Waals surface area contributed by atoms with E-state index in [2.05, 4.69) is 4.98 Å². The molecule has 1 N–H and O–H groups in total. The molecule has 1 rings (SSSR count). The van der Waals surface area contributed by atoms with E-state index in [1.165, 1.54) is 0 Å². The summed E-state index contributed by atoms with van der Waals surface area (Å²) in [5.41, 5.74) is 0.127. The van der Waals surface area contributed by atoms with Crippen LogP contribution in [0.2, 0.25) is 0 Å². The minimum absolute atomic E-state index is 0.127. The van der Waals surface area contributed by atoms with Crippen LogP contribution in [0.1, 0.15) is 56.0 Å². The van der Waals surface area contributed by atoms with E-state index < -0.39 is 5.97 Å². The predicted octanol–water partition coefficient (Wildman–Crippen LogP) is 2.29. The lowest BCUT2D eigenvalue weighted by molar-refractivity contribution is 0.0691. The van der Waals surface area contributed by atoms with Crippen LogP contribution in [-0.2, 0) is 0 Å². The maximum atomic E-state index is 10.7. The van der Waals surface area contributed by atoms with Gasteiger partial charge >= 0.3 is 5.97 Å². The maximum absolute atomic E-state index is 10.7. The van der Waals surface area contributed by atoms with Crippen molar-refractivity contribution in [3.63, 3.8) is 0 Å². The van der Waals surface area contributed by atoms with Crippen molar-refractivity contribution in [3.8, 4) is 0 Å². The minimum atomic E-state index is -0.966. The normalized spacial score (nSPS) is 11.3. The molecule has 0 bridgehead atoms. The Labute approximate surface area is 83.6 Å². The third kappa shape index (κ3) is 1.95. The molecule has 1 heterocycles. The van der Waals surface area contributed by atoms with Gasteiger partial charge in [-0.1, -0.05) is 13.8 Å². The summed E-state index contributed by atoms with van der Waals surface area (Å²) in [6.07, 6.45) is 1.60. The second-order valence-corrected chi connectivity index (χ2v) is 3.95. The Morgan fingerprint density at radius 2 is 2.00 bits per heavy atom. The standard InChI is InChI=1S/C10H16N2O2/c1-6(2)9-11-8(10(13)14)5-12(9)7(3)4/h5-7H,1-4H3,(H,13,14). The van der Waals surface area contributed by atoms with Gasteiger partial charge in [0.2, 0.25) is 0 Å². The van der Waals surface area contributed by atoms with Gasteiger partial charge in [-0.25, -0.2) is 9.78 Å². The van der Waals surface area contributed by atoms with E-state index in [4.69, 9.17) is 5.11 Å². The van der Waals surface area contributed by atoms with E-state index in [0.717, 1.165) is 5.82 Å². The van der Waals surface area contributed by atoms with E-state index in [1.54, 1.807) is 6.20 Å². The quantitative estimate of drug-likeness (QED) is 0.806. The van der Waals surface area contributed by atoms with Crippen molar-refractivity contribution < 1.29 is 9.90 Å². The Balaban J connectivity index is 3.19. The highest BCUT2D eigenvalue weighted by molar-refractivity contribution is 5.85. The molecule has 78 valence electrons. The average molecular weight is 196 g/mol. The molecule has 4 nitrogen and oxygen atoms in total. The van der Waals surface area contributed by atoms with Gasteiger partial charge in [-0.3, -0.25) is 0 Å². The molecule has 0 aliphatic heterocycles. The van der Waals surface area contributed by atoms with E-state index in [-0.39, 0.29) is 17.7 Å². The number of nitrogens with zero attached hydrogens (tertiary/aromatic N) is 2. The summed E-state index contributed by atoms with van der Waals surface area (Å²) in [5.74, 6) is 0.106. The molecule has 0 atom stereocenters. The fourth-order valence-electron chi connectivity index (χ4n) is 1.35. The summed E-state index contributed by atoms with van der Waals surface area (Å²) < 4.78 is 1.91. The summed E-state index contributed by atoms with van der Waals surface area (Å²) in [4.78, 5) is 14.8. The zero-order chi connectivity index (χ0) is 10.9. The number of carbonyl (C=O) groups is 1. The fraction of sp³-hybridized carbons (Fsp3) is 0.600. The molecule has 0 saturated heterocycles. The molecule has 0 fully saturated rings. The topological polar surface area (TPSA) is 55.1 Å². The van der Waals surface area contributed by atoms with Gasteiger partial charge in [0.1, 0.15) is 5.82 Å². The monoisotopic (exact) mass is 196 g/mol. The smallest absolute Gasteiger partial charge is 0.356 e. The number of hydrogen-bond donors (Lipinski definition) is 1. The summed E-state index contributed by atoms with van der Waals surface area (Å²) >= 11 is 0. The van der Waals surface area contributed by atoms with Crippen molar-refractivity contribution in [1.29, 1.82) is 0 Å². The first-order valence-corrected chi connectivity index (χ1v) is 4.75. The van der Waals surface area contributed by atoms with E-state index >= 15 is 0 Å². The molecule has 0 spiro atoms. The lowest BCUT2D eigenvalue weighted by atomic mass is 10.2. The Hall–Kier alpha value is -1.32. The van der Waals surface area contributed by atoms with Gasteiger partial charge in [-0.15, -0.1) is 0 Å². The van der Waals surface area contributed by atoms with Crippen LogP contribution in [0.3, 0.4) is 0 Å². The molecule has 14 heavy (non-hydrogen) atoms. The van der Waals surface area contributed by atoms with Gasteiger partial charge in [-0.2, -0.15) is 0 Å². The van der Waals surface area contributed by atoms with Crippen LogP contribution in [0, 0.1) is 0 Å². The maximum Gasteiger partial charge on any atom is 0.356 e. The molecule has 0 aliphatic carbocycles. The highest BCUT2D eigenvalue weighted by Crippen LogP contribution is 2.18. The van der Waals surface area contributed by atoms with Crippen LogP contribution >= 0.6 is 0 Å². The third-order valence-electron chi connectivity index (χ3n) is 2.05. The van der Waals surface area contributed by atoms with E-state index in [1.807, 2.05) is 32.3 Å². The van der Waals surface area contributed by atoms with Crippen molar-refractivity contribution in [2.24, 2.45) is 0 Å². The SMILES string of the molecule is CC(C)c1nc(C(=O)O)cn1C(C)C. The Morgan fingerprint density at radius 1 is 1.43 bits per heavy atom. The molecule has 0 saturated carbocycles. The van der Waals surface area contributed by atoms with Crippen LogP contribution in [0.5, 0.6) is 0 Å². The second kappa shape index (κ2) is 3.82. The third-order valence-corrected chi connectivity index (χ3v) is 2.05. The first kappa shape index (κ1) is 10.8. The van der Waals surface area contributed by atoms with Gasteiger partial charge in [0.15, 0.2) is 5.69 Å². The lowest BCUT2D eigenvalue weighted by Gasteiger charge is -2.12. The van der Waals surface area contributed by atoms with Crippen LogP contribution < -0.4 is 0 Å². The highest BCUT2D eigenvalue weighted by atomic mass is 16.4. The Bertz CT molecular complexity index is 314. The van der Waals surface area contributed by atoms with Crippen molar-refractivity contribution in [2.45, 2.75) is 39.7 Å². The number of carboxylic acids is 1. The summed E-state index contributed by atoms with van der Waals surface area (Å²) in [6, 6.07) is 0.244. The first-order valence-electron chi connectivity index (χ1n) is 4.75. The van der Waals surface area contributed by atoms with Gasteiger partial charge in [-0.05, 0) is 13.8 Å². The molecule has 0 aliphatic rings. The molecular formula is C10H16N2O2. The van der Waals surface area contributed by atoms with Gasteiger partial charge in [0.25, 0.3) is 0 Å². The highest BCUT2D eigenvalue weighted by Gasteiger charge is 2.16. The molecule has 0 amide bonds. The number of aromatic carboxylic acids is 1. The Kier molecular flexibility index (Phi) is 2.93. The molecule has 1 aromatic rings. The van der Waals surface area contributed by atoms with Crippen LogP contribution in [-0.4, -0.2) is 20.6 Å². The predicted molar refractivity (Wildman–Crippen MR) is 53.7 cm³/mol. The summed E-state index contributed by atoms with van der Waals surface area (Å²) in [7, 11) is 0. The largest absolute Gasteiger partial charge is 0.476 e. The zero-order valence-electron chi connectivity index (χ0n) is 8.98. The van der Waals surface area contributed by atoms with Crippen molar-refractivity contribution in [1.82, 2.24) is 9.55 Å². The van der Waals surface area contributed by atoms with Crippen molar-refractivity contribution in [2.75, 3.05) is 0 Å². The molecule has 0 aromatic carbocycles. The van der Waals surface area contributed by atoms with Gasteiger partial charge < -0.3 is 9.67 Å². The number of hydrogen-bond acceptors (Lipinski definition) is 2. The molecule has 1 aromatic heterocycles. The van der Waals surface area contributed by atoms with Gasteiger partial charge in [0.05, 0.1) is 0 Å². The van der Waals surface area contributed by atoms with Crippen LogP contribution in [0.15, 0.2) is 6.20 Å². The fourth-order valence-corrected chi connectivity index (χ4v) is 1.35. The Morgan fingerprint density at radius 3 is 2.29 bits per heavy atom. The molecule has 0 radical (unpaired) electrons. The minimum Gasteiger partial charge on any atom is -0.476 e. The number of rotatable bonds is 3. The van der Waals surface area contributed by atoms with Crippen molar-refractivity contribution in [3.05, 3.63) is 17.7 Å². The zero-order valence-corrected chi connectivity index (χ0v) is 8.98. The summed E-state index contributed by atoms with van der Waals surface area (Å²) in [6.45, 7) is 8.04. The van der Waals surface area contributed by atoms with E-state index in [0.29, 0.717) is 0 Å². The lowest BCUT2D eigenvalue weighted by Crippen LogP contribution is -2.06. The average Bonchev–Trinajstić information content (AvgIpc) is 2.47. The molecule has 0 unspecified atom stereocenters. The van der Waals surface area contributed by atoms with Crippen molar-refractivity contribution >= 4 is 5.97 Å². The summed E-state index contributed by atoms with van der Waals surface area (Å²) in [5, 5.41) is 8.81. The number of imidazole rings is 1. The first-order chi connectivity index (χ1) is 6.43. The van der Waals surface area contributed by atoms with Crippen LogP contribution in [0.25, 0.3) is 0 Å². The van der Waals surface area contributed by atoms with Crippen LogP contribution in [0.4, 0.5) is 0 Å². The number of aromatic nitrogens is 2. The second-order valence-electron chi connectivity index (χ2n) is 3.95. The molecular weight excluding hydrogens is 180 g/mol.